The molecule has 0 atom stereocenters. The van der Waals surface area contributed by atoms with Crippen molar-refractivity contribution < 1.29 is 13.2 Å². The molecule has 3 aliphatic rings. The molecule has 1 aliphatic heterocycles. The molecule has 2 saturated carbocycles. The van der Waals surface area contributed by atoms with Crippen LogP contribution in [-0.4, -0.2) is 41.2 Å². The summed E-state index contributed by atoms with van der Waals surface area (Å²) in [5, 5.41) is 9.78. The van der Waals surface area contributed by atoms with Gasteiger partial charge in [-0.05, 0) is 62.8 Å². The topological polar surface area (TPSA) is 52.2 Å². The lowest BCUT2D eigenvalue weighted by atomic mass is 9.78. The Morgan fingerprint density at radius 2 is 1.88 bits per heavy atom. The van der Waals surface area contributed by atoms with Gasteiger partial charge >= 0.3 is 6.18 Å². The van der Waals surface area contributed by atoms with Crippen LogP contribution >= 0.6 is 0 Å². The summed E-state index contributed by atoms with van der Waals surface area (Å²) in [6, 6.07) is 5.90. The molecule has 0 radical (unpaired) electrons. The number of aromatic nitrogens is 1. The first-order valence-electron chi connectivity index (χ1n) is 11.4. The maximum Gasteiger partial charge on any atom is 0.418 e. The zero-order valence-electron chi connectivity index (χ0n) is 18.7. The lowest BCUT2D eigenvalue weighted by molar-refractivity contribution is -0.0911. The first-order chi connectivity index (χ1) is 15.2. The second-order valence-electron chi connectivity index (χ2n) is 9.35. The number of allylic oxidation sites excluding steroid dienone is 1. The molecule has 3 N–H and O–H groups in total. The predicted octanol–water partition coefficient (Wildman–Crippen LogP) is 5.54. The Kier molecular flexibility index (Phi) is 6.51. The number of halogens is 3. The van der Waals surface area contributed by atoms with Gasteiger partial charge in [0.15, 0.2) is 0 Å². The Bertz CT molecular complexity index is 908. The van der Waals surface area contributed by atoms with Gasteiger partial charge in [-0.15, -0.1) is 0 Å². The van der Waals surface area contributed by atoms with Crippen LogP contribution in [0.1, 0.15) is 51.9 Å². The molecule has 1 aromatic rings. The van der Waals surface area contributed by atoms with Crippen molar-refractivity contribution in [3.63, 3.8) is 0 Å². The fraction of sp³-hybridized carbons (Fsp3) is 0.542. The van der Waals surface area contributed by atoms with E-state index in [0.29, 0.717) is 24.0 Å². The third kappa shape index (κ3) is 5.46. The Balaban J connectivity index is 1.47. The number of anilines is 2. The monoisotopic (exact) mass is 447 g/mol. The highest BCUT2D eigenvalue weighted by Gasteiger charge is 2.39. The quantitative estimate of drug-likeness (QED) is 0.512. The molecule has 32 heavy (non-hydrogen) atoms. The summed E-state index contributed by atoms with van der Waals surface area (Å²) < 4.78 is 41.6. The van der Waals surface area contributed by atoms with Gasteiger partial charge in [-0.3, -0.25) is 0 Å². The van der Waals surface area contributed by atoms with E-state index in [0.717, 1.165) is 37.9 Å². The van der Waals surface area contributed by atoms with E-state index >= 15 is 0 Å². The van der Waals surface area contributed by atoms with Gasteiger partial charge in [-0.1, -0.05) is 18.9 Å². The number of nitrogens with zero attached hydrogens (tertiary/aromatic N) is 2. The normalized spacial score (nSPS) is 22.4. The minimum atomic E-state index is -4.46. The van der Waals surface area contributed by atoms with Gasteiger partial charge in [0.2, 0.25) is 0 Å². The molecule has 1 aromatic heterocycles. The van der Waals surface area contributed by atoms with Crippen LogP contribution in [0.2, 0.25) is 0 Å². The Hall–Kier alpha value is -2.48. The Morgan fingerprint density at radius 3 is 2.53 bits per heavy atom. The molecule has 2 aliphatic carbocycles. The molecule has 174 valence electrons. The highest BCUT2D eigenvalue weighted by molar-refractivity contribution is 5.51. The molecular weight excluding hydrogens is 415 g/mol. The zero-order chi connectivity index (χ0) is 22.8. The summed E-state index contributed by atoms with van der Waals surface area (Å²) in [4.78, 5) is 6.03. The minimum Gasteiger partial charge on any atom is -0.367 e. The summed E-state index contributed by atoms with van der Waals surface area (Å²) >= 11 is 0. The van der Waals surface area contributed by atoms with Gasteiger partial charge in [0.25, 0.3) is 0 Å². The van der Waals surface area contributed by atoms with Crippen LogP contribution in [0.5, 0.6) is 0 Å². The molecule has 0 spiro atoms. The molecule has 2 heterocycles. The van der Waals surface area contributed by atoms with E-state index in [2.05, 4.69) is 27.9 Å². The van der Waals surface area contributed by atoms with Crippen molar-refractivity contribution in [2.24, 2.45) is 0 Å². The largest absolute Gasteiger partial charge is 0.418 e. The summed E-state index contributed by atoms with van der Waals surface area (Å²) in [5.41, 5.74) is 0.0517. The standard InChI is InChI=1S/C24H32F3N5/c1-23(11-6-12-23)29-14-17-13-19(24(25,26)27)20(32(2)16-17)15-28-21-9-5-10-22(31-21)30-18-7-3-4-8-18/h5,9-10,13,15-16,18,29H,3-4,6-8,11-12,14H2,1-2H3,(H2,28,30,31)/b20-15-. The van der Waals surface area contributed by atoms with Gasteiger partial charge < -0.3 is 20.9 Å². The van der Waals surface area contributed by atoms with Crippen LogP contribution in [-0.2, 0) is 0 Å². The molecular formula is C24H32F3N5. The van der Waals surface area contributed by atoms with Gasteiger partial charge in [0, 0.05) is 37.6 Å². The Morgan fingerprint density at radius 1 is 1.16 bits per heavy atom. The molecule has 0 saturated heterocycles. The molecule has 4 rings (SSSR count). The van der Waals surface area contributed by atoms with Crippen molar-refractivity contribution in [1.82, 2.24) is 15.2 Å². The van der Waals surface area contributed by atoms with Crippen molar-refractivity contribution in [3.05, 3.63) is 53.5 Å². The van der Waals surface area contributed by atoms with Crippen molar-refractivity contribution in [1.29, 1.82) is 0 Å². The lowest BCUT2D eigenvalue weighted by Crippen LogP contribution is -2.48. The van der Waals surface area contributed by atoms with Crippen LogP contribution in [0.4, 0.5) is 24.8 Å². The molecule has 8 heteroatoms. The summed E-state index contributed by atoms with van der Waals surface area (Å²) in [7, 11) is 1.64. The summed E-state index contributed by atoms with van der Waals surface area (Å²) in [6.45, 7) is 2.54. The molecule has 0 aromatic carbocycles. The number of nitrogens with one attached hydrogen (secondary N) is 3. The van der Waals surface area contributed by atoms with Crippen molar-refractivity contribution in [2.75, 3.05) is 24.2 Å². The SMILES string of the molecule is CN1C=C(CNC2(C)CCC2)C=C(C(F)(F)F)/C1=C/Nc1cccc(NC2CCCC2)n1. The second-order valence-corrected chi connectivity index (χ2v) is 9.35. The van der Waals surface area contributed by atoms with E-state index in [1.165, 1.54) is 30.0 Å². The zero-order valence-corrected chi connectivity index (χ0v) is 18.7. The number of hydrogen-bond acceptors (Lipinski definition) is 5. The number of rotatable bonds is 7. The van der Waals surface area contributed by atoms with Crippen LogP contribution in [0.15, 0.2) is 53.5 Å². The van der Waals surface area contributed by atoms with E-state index < -0.39 is 11.7 Å². The molecule has 5 nitrogen and oxygen atoms in total. The second kappa shape index (κ2) is 9.17. The first kappa shape index (κ1) is 22.7. The molecule has 2 fully saturated rings. The minimum absolute atomic E-state index is 0.0343. The van der Waals surface area contributed by atoms with E-state index in [1.54, 1.807) is 19.3 Å². The highest BCUT2D eigenvalue weighted by atomic mass is 19.4. The van der Waals surface area contributed by atoms with E-state index in [-0.39, 0.29) is 11.2 Å². The fourth-order valence-electron chi connectivity index (χ4n) is 4.52. The molecule has 0 amide bonds. The average molecular weight is 448 g/mol. The van der Waals surface area contributed by atoms with Crippen molar-refractivity contribution in [2.45, 2.75) is 69.6 Å². The maximum atomic E-state index is 13.9. The molecule has 0 unspecified atom stereocenters. The van der Waals surface area contributed by atoms with Gasteiger partial charge in [0.05, 0.1) is 11.3 Å². The summed E-state index contributed by atoms with van der Waals surface area (Å²) in [6.07, 6.45) is 7.87. The van der Waals surface area contributed by atoms with Crippen LogP contribution in [0.3, 0.4) is 0 Å². The summed E-state index contributed by atoms with van der Waals surface area (Å²) in [5.74, 6) is 1.24. The van der Waals surface area contributed by atoms with Crippen molar-refractivity contribution >= 4 is 11.6 Å². The number of pyridine rings is 1. The number of hydrogen-bond donors (Lipinski definition) is 3. The first-order valence-corrected chi connectivity index (χ1v) is 11.4. The van der Waals surface area contributed by atoms with Crippen LogP contribution < -0.4 is 16.0 Å². The molecule has 0 bridgehead atoms. The van der Waals surface area contributed by atoms with Crippen molar-refractivity contribution in [3.8, 4) is 0 Å². The van der Waals surface area contributed by atoms with Gasteiger partial charge in [-0.2, -0.15) is 13.2 Å². The smallest absolute Gasteiger partial charge is 0.367 e. The van der Waals surface area contributed by atoms with Gasteiger partial charge in [-0.25, -0.2) is 4.98 Å². The van der Waals surface area contributed by atoms with Gasteiger partial charge in [0.1, 0.15) is 11.6 Å². The van der Waals surface area contributed by atoms with E-state index in [9.17, 15) is 13.2 Å². The van der Waals surface area contributed by atoms with E-state index in [1.807, 2.05) is 12.1 Å². The maximum absolute atomic E-state index is 13.9. The third-order valence-electron chi connectivity index (χ3n) is 6.64. The van der Waals surface area contributed by atoms with Crippen LogP contribution in [0, 0.1) is 0 Å². The highest BCUT2D eigenvalue weighted by Crippen LogP contribution is 2.37. The fourth-order valence-corrected chi connectivity index (χ4v) is 4.52. The predicted molar refractivity (Wildman–Crippen MR) is 122 cm³/mol. The third-order valence-corrected chi connectivity index (χ3v) is 6.64. The van der Waals surface area contributed by atoms with E-state index in [4.69, 9.17) is 0 Å². The number of likely N-dealkylation sites (N-methyl/N-ethyl adjacent to an activating group) is 1. The Labute approximate surface area is 187 Å². The lowest BCUT2D eigenvalue weighted by Gasteiger charge is -2.40. The average Bonchev–Trinajstić information content (AvgIpc) is 3.22. The van der Waals surface area contributed by atoms with Crippen LogP contribution in [0.25, 0.3) is 0 Å². The number of alkyl halides is 3.